The average molecular weight is 226 g/mol. The van der Waals surface area contributed by atoms with Gasteiger partial charge in [0, 0.05) is 11.6 Å². The summed E-state index contributed by atoms with van der Waals surface area (Å²) in [5.41, 5.74) is -0.857. The summed E-state index contributed by atoms with van der Waals surface area (Å²) >= 11 is 0. The van der Waals surface area contributed by atoms with Crippen molar-refractivity contribution in [3.05, 3.63) is 35.4 Å². The van der Waals surface area contributed by atoms with Crippen molar-refractivity contribution in [3.63, 3.8) is 0 Å². The number of halogens is 2. The van der Waals surface area contributed by atoms with Crippen LogP contribution >= 0.6 is 0 Å². The van der Waals surface area contributed by atoms with Crippen molar-refractivity contribution in [3.8, 4) is 0 Å². The summed E-state index contributed by atoms with van der Waals surface area (Å²) in [5, 5.41) is 10.4. The van der Waals surface area contributed by atoms with Gasteiger partial charge in [-0.05, 0) is 18.9 Å². The largest absolute Gasteiger partial charge is 0.385 e. The van der Waals surface area contributed by atoms with Gasteiger partial charge in [0.05, 0.1) is 5.60 Å². The first kappa shape index (κ1) is 11.5. The maximum atomic E-state index is 13.6. The molecule has 16 heavy (non-hydrogen) atoms. The first-order valence-corrected chi connectivity index (χ1v) is 5.80. The van der Waals surface area contributed by atoms with E-state index in [4.69, 9.17) is 0 Å². The van der Waals surface area contributed by atoms with Crippen LogP contribution in [-0.4, -0.2) is 5.11 Å². The van der Waals surface area contributed by atoms with Gasteiger partial charge >= 0.3 is 0 Å². The third-order valence-corrected chi connectivity index (χ3v) is 3.36. The first-order chi connectivity index (χ1) is 7.62. The lowest BCUT2D eigenvalue weighted by Crippen LogP contribution is -2.26. The fraction of sp³-hybridized carbons (Fsp3) is 0.538. The molecule has 1 nitrogen and oxygen atoms in total. The lowest BCUT2D eigenvalue weighted by atomic mass is 9.86. The second-order valence-corrected chi connectivity index (χ2v) is 4.57. The monoisotopic (exact) mass is 226 g/mol. The highest BCUT2D eigenvalue weighted by Gasteiger charge is 2.32. The highest BCUT2D eigenvalue weighted by atomic mass is 19.1. The van der Waals surface area contributed by atoms with Crippen molar-refractivity contribution < 1.29 is 13.9 Å². The predicted molar refractivity (Wildman–Crippen MR) is 58.0 cm³/mol. The lowest BCUT2D eigenvalue weighted by Gasteiger charge is -2.27. The molecule has 1 N–H and O–H groups in total. The van der Waals surface area contributed by atoms with Crippen LogP contribution in [0.25, 0.3) is 0 Å². The Bertz CT molecular complexity index is 368. The van der Waals surface area contributed by atoms with E-state index < -0.39 is 17.2 Å². The van der Waals surface area contributed by atoms with E-state index in [0.717, 1.165) is 31.7 Å². The minimum atomic E-state index is -1.10. The molecule has 1 fully saturated rings. The third kappa shape index (κ3) is 2.24. The maximum absolute atomic E-state index is 13.6. The molecule has 0 saturated heterocycles. The van der Waals surface area contributed by atoms with E-state index in [-0.39, 0.29) is 5.56 Å². The summed E-state index contributed by atoms with van der Waals surface area (Å²) in [6.45, 7) is 0. The summed E-state index contributed by atoms with van der Waals surface area (Å²) in [6, 6.07) is 3.43. The van der Waals surface area contributed by atoms with Crippen molar-refractivity contribution in [1.29, 1.82) is 0 Å². The molecule has 0 heterocycles. The Kier molecular flexibility index (Phi) is 3.24. The standard InChI is InChI=1S/C13H16F2O/c14-10-5-6-11(12(15)9-10)13(16)7-3-1-2-4-8-13/h5-6,9,16H,1-4,7-8H2. The van der Waals surface area contributed by atoms with Gasteiger partial charge in [0.2, 0.25) is 0 Å². The van der Waals surface area contributed by atoms with Crippen molar-refractivity contribution in [1.82, 2.24) is 0 Å². The Hall–Kier alpha value is -0.960. The van der Waals surface area contributed by atoms with E-state index in [1.165, 1.54) is 12.1 Å². The average Bonchev–Trinajstić information content (AvgIpc) is 2.43. The number of hydrogen-bond donors (Lipinski definition) is 1. The molecule has 0 spiro atoms. The van der Waals surface area contributed by atoms with Gasteiger partial charge in [0.1, 0.15) is 11.6 Å². The van der Waals surface area contributed by atoms with Crippen LogP contribution in [0.1, 0.15) is 44.1 Å². The van der Waals surface area contributed by atoms with E-state index in [1.807, 2.05) is 0 Å². The van der Waals surface area contributed by atoms with E-state index in [1.54, 1.807) is 0 Å². The van der Waals surface area contributed by atoms with Crippen LogP contribution in [0.15, 0.2) is 18.2 Å². The van der Waals surface area contributed by atoms with Gasteiger partial charge < -0.3 is 5.11 Å². The maximum Gasteiger partial charge on any atom is 0.132 e. The molecule has 2 rings (SSSR count). The molecule has 0 amide bonds. The normalized spacial score (nSPS) is 20.4. The van der Waals surface area contributed by atoms with E-state index in [9.17, 15) is 13.9 Å². The molecule has 0 aromatic heterocycles. The van der Waals surface area contributed by atoms with E-state index >= 15 is 0 Å². The van der Waals surface area contributed by atoms with Crippen LogP contribution in [0.5, 0.6) is 0 Å². The highest BCUT2D eigenvalue weighted by molar-refractivity contribution is 5.25. The van der Waals surface area contributed by atoms with Crippen LogP contribution in [0.2, 0.25) is 0 Å². The molecular weight excluding hydrogens is 210 g/mol. The second-order valence-electron chi connectivity index (χ2n) is 4.57. The van der Waals surface area contributed by atoms with Gasteiger partial charge in [-0.2, -0.15) is 0 Å². The Labute approximate surface area is 94.1 Å². The SMILES string of the molecule is OC1(c2ccc(F)cc2F)CCCCCC1. The molecule has 1 aliphatic carbocycles. The van der Waals surface area contributed by atoms with Gasteiger partial charge in [0.25, 0.3) is 0 Å². The molecule has 88 valence electrons. The zero-order valence-electron chi connectivity index (χ0n) is 9.18. The molecule has 1 aromatic carbocycles. The van der Waals surface area contributed by atoms with Gasteiger partial charge in [-0.3, -0.25) is 0 Å². The number of aliphatic hydroxyl groups is 1. The smallest absolute Gasteiger partial charge is 0.132 e. The van der Waals surface area contributed by atoms with Crippen LogP contribution in [0, 0.1) is 11.6 Å². The van der Waals surface area contributed by atoms with Crippen molar-refractivity contribution in [2.75, 3.05) is 0 Å². The zero-order valence-corrected chi connectivity index (χ0v) is 9.18. The Morgan fingerprint density at radius 3 is 2.19 bits per heavy atom. The highest BCUT2D eigenvalue weighted by Crippen LogP contribution is 2.37. The lowest BCUT2D eigenvalue weighted by molar-refractivity contribution is 0.0172. The molecule has 0 bridgehead atoms. The van der Waals surface area contributed by atoms with Gasteiger partial charge in [-0.1, -0.05) is 31.7 Å². The molecule has 0 atom stereocenters. The summed E-state index contributed by atoms with van der Waals surface area (Å²) in [4.78, 5) is 0. The van der Waals surface area contributed by atoms with Crippen molar-refractivity contribution in [2.45, 2.75) is 44.1 Å². The Morgan fingerprint density at radius 1 is 1.00 bits per heavy atom. The summed E-state index contributed by atoms with van der Waals surface area (Å²) in [5.74, 6) is -1.23. The predicted octanol–water partition coefficient (Wildman–Crippen LogP) is 3.51. The molecule has 0 radical (unpaired) electrons. The Morgan fingerprint density at radius 2 is 1.62 bits per heavy atom. The Balaban J connectivity index is 2.33. The van der Waals surface area contributed by atoms with Gasteiger partial charge in [-0.25, -0.2) is 8.78 Å². The third-order valence-electron chi connectivity index (χ3n) is 3.36. The van der Waals surface area contributed by atoms with Crippen molar-refractivity contribution in [2.24, 2.45) is 0 Å². The zero-order chi connectivity index (χ0) is 11.6. The van der Waals surface area contributed by atoms with Gasteiger partial charge in [0.15, 0.2) is 0 Å². The van der Waals surface area contributed by atoms with Crippen molar-refractivity contribution >= 4 is 0 Å². The van der Waals surface area contributed by atoms with Crippen LogP contribution in [0.3, 0.4) is 0 Å². The fourth-order valence-corrected chi connectivity index (χ4v) is 2.45. The molecule has 1 saturated carbocycles. The second kappa shape index (κ2) is 4.50. The number of rotatable bonds is 1. The number of benzene rings is 1. The van der Waals surface area contributed by atoms with Crippen LogP contribution in [-0.2, 0) is 5.60 Å². The molecule has 3 heteroatoms. The summed E-state index contributed by atoms with van der Waals surface area (Å²) < 4.78 is 26.4. The minimum absolute atomic E-state index is 0.246. The minimum Gasteiger partial charge on any atom is -0.385 e. The molecule has 1 aliphatic rings. The molecular formula is C13H16F2O. The summed E-state index contributed by atoms with van der Waals surface area (Å²) in [6.07, 6.45) is 5.07. The van der Waals surface area contributed by atoms with E-state index in [0.29, 0.717) is 12.8 Å². The quantitative estimate of drug-likeness (QED) is 0.726. The molecule has 0 unspecified atom stereocenters. The van der Waals surface area contributed by atoms with E-state index in [2.05, 4.69) is 0 Å². The molecule has 1 aromatic rings. The summed E-state index contributed by atoms with van der Waals surface area (Å²) in [7, 11) is 0. The fourth-order valence-electron chi connectivity index (χ4n) is 2.45. The first-order valence-electron chi connectivity index (χ1n) is 5.80. The topological polar surface area (TPSA) is 20.2 Å². The molecule has 0 aliphatic heterocycles. The van der Waals surface area contributed by atoms with Gasteiger partial charge in [-0.15, -0.1) is 0 Å². The van der Waals surface area contributed by atoms with Crippen LogP contribution < -0.4 is 0 Å². The number of hydrogen-bond acceptors (Lipinski definition) is 1. The van der Waals surface area contributed by atoms with Crippen LogP contribution in [0.4, 0.5) is 8.78 Å².